The Morgan fingerprint density at radius 2 is 1.96 bits per heavy atom. The van der Waals surface area contributed by atoms with Crippen LogP contribution in [0.15, 0.2) is 22.4 Å². The molecule has 1 aliphatic heterocycles. The zero-order valence-corrected chi connectivity index (χ0v) is 16.8. The number of thiophene rings is 2. The molecule has 0 aromatic carbocycles. The first-order chi connectivity index (χ1) is 11.9. The molecule has 1 aliphatic rings. The SMILES string of the molecule is CCc1sc(C(=O)NCc2ccc(S(=O)(=O)N3CCCC3)s2)cc1C. The van der Waals surface area contributed by atoms with Crippen molar-refractivity contribution in [3.05, 3.63) is 38.4 Å². The molecule has 3 heterocycles. The van der Waals surface area contributed by atoms with Gasteiger partial charge in [-0.1, -0.05) is 6.92 Å². The Morgan fingerprint density at radius 1 is 1.24 bits per heavy atom. The highest BCUT2D eigenvalue weighted by molar-refractivity contribution is 7.91. The molecule has 0 spiro atoms. The minimum Gasteiger partial charge on any atom is -0.346 e. The van der Waals surface area contributed by atoms with Crippen molar-refractivity contribution in [2.45, 2.75) is 43.9 Å². The summed E-state index contributed by atoms with van der Waals surface area (Å²) in [5.41, 5.74) is 1.15. The molecule has 3 rings (SSSR count). The van der Waals surface area contributed by atoms with E-state index in [0.29, 0.717) is 28.7 Å². The lowest BCUT2D eigenvalue weighted by Crippen LogP contribution is -2.27. The Kier molecular flexibility index (Phi) is 5.62. The molecule has 2 aromatic heterocycles. The van der Waals surface area contributed by atoms with Crippen molar-refractivity contribution in [1.29, 1.82) is 0 Å². The minimum atomic E-state index is -3.37. The van der Waals surface area contributed by atoms with Crippen LogP contribution in [0.1, 0.15) is 44.8 Å². The van der Waals surface area contributed by atoms with E-state index in [1.54, 1.807) is 16.4 Å². The lowest BCUT2D eigenvalue weighted by molar-refractivity contribution is 0.0955. The summed E-state index contributed by atoms with van der Waals surface area (Å²) in [7, 11) is -3.37. The normalized spacial score (nSPS) is 15.6. The van der Waals surface area contributed by atoms with Gasteiger partial charge in [-0.3, -0.25) is 4.79 Å². The van der Waals surface area contributed by atoms with Crippen LogP contribution in [0.4, 0.5) is 0 Å². The Hall–Kier alpha value is -1.22. The van der Waals surface area contributed by atoms with Crippen molar-refractivity contribution >= 4 is 38.6 Å². The number of rotatable bonds is 6. The first kappa shape index (κ1) is 18.6. The second-order valence-corrected chi connectivity index (χ2v) is 10.6. The highest BCUT2D eigenvalue weighted by atomic mass is 32.2. The molecule has 2 aromatic rings. The molecular formula is C17H22N2O3S3. The number of carbonyl (C=O) groups is 1. The summed E-state index contributed by atoms with van der Waals surface area (Å²) < 4.78 is 27.0. The molecular weight excluding hydrogens is 376 g/mol. The van der Waals surface area contributed by atoms with Crippen molar-refractivity contribution in [3.63, 3.8) is 0 Å². The van der Waals surface area contributed by atoms with Crippen LogP contribution in [0.25, 0.3) is 0 Å². The zero-order chi connectivity index (χ0) is 18.0. The Labute approximate surface area is 156 Å². The Bertz CT molecular complexity index is 862. The van der Waals surface area contributed by atoms with E-state index in [-0.39, 0.29) is 5.91 Å². The summed E-state index contributed by atoms with van der Waals surface area (Å²) in [4.78, 5) is 15.1. The first-order valence-corrected chi connectivity index (χ1v) is 11.5. The van der Waals surface area contributed by atoms with Crippen LogP contribution in [-0.4, -0.2) is 31.7 Å². The minimum absolute atomic E-state index is 0.106. The van der Waals surface area contributed by atoms with E-state index >= 15 is 0 Å². The van der Waals surface area contributed by atoms with Crippen molar-refractivity contribution in [2.24, 2.45) is 0 Å². The summed E-state index contributed by atoms with van der Waals surface area (Å²) in [6, 6.07) is 5.34. The quantitative estimate of drug-likeness (QED) is 0.811. The fraction of sp³-hybridized carbons (Fsp3) is 0.471. The third-order valence-corrected chi connectivity index (χ3v) is 9.12. The monoisotopic (exact) mass is 398 g/mol. The zero-order valence-electron chi connectivity index (χ0n) is 14.4. The number of nitrogens with zero attached hydrogens (tertiary/aromatic N) is 1. The van der Waals surface area contributed by atoms with Crippen molar-refractivity contribution in [2.75, 3.05) is 13.1 Å². The average Bonchev–Trinajstić information content (AvgIpc) is 3.32. The number of hydrogen-bond acceptors (Lipinski definition) is 5. The predicted molar refractivity (Wildman–Crippen MR) is 102 cm³/mol. The third-order valence-electron chi connectivity index (χ3n) is 4.28. The summed E-state index contributed by atoms with van der Waals surface area (Å²) >= 11 is 2.75. The van der Waals surface area contributed by atoms with Gasteiger partial charge in [0.15, 0.2) is 0 Å². The highest BCUT2D eigenvalue weighted by Crippen LogP contribution is 2.27. The molecule has 0 bridgehead atoms. The number of carbonyl (C=O) groups excluding carboxylic acids is 1. The smallest absolute Gasteiger partial charge is 0.261 e. The topological polar surface area (TPSA) is 66.5 Å². The predicted octanol–water partition coefficient (Wildman–Crippen LogP) is 3.39. The molecule has 136 valence electrons. The van der Waals surface area contributed by atoms with E-state index in [1.807, 2.05) is 13.0 Å². The second kappa shape index (κ2) is 7.57. The summed E-state index contributed by atoms with van der Waals surface area (Å²) in [6.45, 7) is 5.64. The van der Waals surface area contributed by atoms with E-state index in [0.717, 1.165) is 29.7 Å². The lowest BCUT2D eigenvalue weighted by atomic mass is 10.2. The Morgan fingerprint density at radius 3 is 2.60 bits per heavy atom. The molecule has 0 unspecified atom stereocenters. The maximum Gasteiger partial charge on any atom is 0.261 e. The van der Waals surface area contributed by atoms with Crippen molar-refractivity contribution < 1.29 is 13.2 Å². The first-order valence-electron chi connectivity index (χ1n) is 8.38. The van der Waals surface area contributed by atoms with Gasteiger partial charge in [0.1, 0.15) is 4.21 Å². The van der Waals surface area contributed by atoms with E-state index in [2.05, 4.69) is 12.2 Å². The van der Waals surface area contributed by atoms with Gasteiger partial charge in [-0.25, -0.2) is 8.42 Å². The van der Waals surface area contributed by atoms with Crippen LogP contribution in [-0.2, 0) is 23.0 Å². The van der Waals surface area contributed by atoms with E-state index in [9.17, 15) is 13.2 Å². The summed E-state index contributed by atoms with van der Waals surface area (Å²) in [5, 5.41) is 2.89. The molecule has 0 aliphatic carbocycles. The number of hydrogen-bond donors (Lipinski definition) is 1. The molecule has 5 nitrogen and oxygen atoms in total. The average molecular weight is 399 g/mol. The van der Waals surface area contributed by atoms with Crippen LogP contribution < -0.4 is 5.32 Å². The fourth-order valence-corrected chi connectivity index (χ4v) is 6.88. The number of nitrogens with one attached hydrogen (secondary N) is 1. The summed E-state index contributed by atoms with van der Waals surface area (Å²) in [6.07, 6.45) is 2.77. The lowest BCUT2D eigenvalue weighted by Gasteiger charge is -2.13. The maximum absolute atomic E-state index is 12.5. The van der Waals surface area contributed by atoms with Gasteiger partial charge in [-0.15, -0.1) is 22.7 Å². The van der Waals surface area contributed by atoms with Gasteiger partial charge < -0.3 is 5.32 Å². The third kappa shape index (κ3) is 3.97. The van der Waals surface area contributed by atoms with Crippen LogP contribution >= 0.6 is 22.7 Å². The fourth-order valence-electron chi connectivity index (χ4n) is 2.88. The van der Waals surface area contributed by atoms with E-state index in [4.69, 9.17) is 0 Å². The van der Waals surface area contributed by atoms with Gasteiger partial charge >= 0.3 is 0 Å². The van der Waals surface area contributed by atoms with Gasteiger partial charge in [-0.05, 0) is 49.9 Å². The van der Waals surface area contributed by atoms with Crippen LogP contribution in [0.2, 0.25) is 0 Å². The molecule has 1 saturated heterocycles. The van der Waals surface area contributed by atoms with Gasteiger partial charge in [0, 0.05) is 22.8 Å². The van der Waals surface area contributed by atoms with Gasteiger partial charge in [0.05, 0.1) is 11.4 Å². The molecule has 1 N–H and O–H groups in total. The molecule has 1 amide bonds. The van der Waals surface area contributed by atoms with E-state index < -0.39 is 10.0 Å². The molecule has 0 radical (unpaired) electrons. The maximum atomic E-state index is 12.5. The van der Waals surface area contributed by atoms with Gasteiger partial charge in [0.25, 0.3) is 15.9 Å². The van der Waals surface area contributed by atoms with Gasteiger partial charge in [0.2, 0.25) is 0 Å². The van der Waals surface area contributed by atoms with E-state index in [1.165, 1.54) is 27.6 Å². The number of aryl methyl sites for hydroxylation is 2. The van der Waals surface area contributed by atoms with Gasteiger partial charge in [-0.2, -0.15) is 4.31 Å². The standard InChI is InChI=1S/C17H22N2O3S3/c1-3-14-12(2)10-15(24-14)17(20)18-11-13-6-7-16(23-13)25(21,22)19-8-4-5-9-19/h6-7,10H,3-5,8-9,11H2,1-2H3,(H,18,20). The van der Waals surface area contributed by atoms with Crippen molar-refractivity contribution in [3.8, 4) is 0 Å². The van der Waals surface area contributed by atoms with Crippen LogP contribution in [0.3, 0.4) is 0 Å². The van der Waals surface area contributed by atoms with Crippen LogP contribution in [0, 0.1) is 6.92 Å². The highest BCUT2D eigenvalue weighted by Gasteiger charge is 2.28. The van der Waals surface area contributed by atoms with Crippen LogP contribution in [0.5, 0.6) is 0 Å². The molecule has 0 atom stereocenters. The molecule has 1 fully saturated rings. The molecule has 8 heteroatoms. The largest absolute Gasteiger partial charge is 0.346 e. The number of amides is 1. The molecule has 25 heavy (non-hydrogen) atoms. The Balaban J connectivity index is 1.64. The second-order valence-electron chi connectivity index (χ2n) is 6.09. The molecule has 0 saturated carbocycles. The summed E-state index contributed by atoms with van der Waals surface area (Å²) in [5.74, 6) is -0.106. The number of sulfonamides is 1. The van der Waals surface area contributed by atoms with Crippen molar-refractivity contribution in [1.82, 2.24) is 9.62 Å².